The van der Waals surface area contributed by atoms with E-state index in [9.17, 15) is 13.2 Å². The SMILES string of the molecule is Cc1cc(Nc2ccn(CCC(C)C)n2)n2nc(C(F)(F)F)nc2n1. The topological polar surface area (TPSA) is 72.9 Å². The first-order valence-corrected chi connectivity index (χ1v) is 7.84. The summed E-state index contributed by atoms with van der Waals surface area (Å²) in [6.45, 7) is 6.70. The van der Waals surface area contributed by atoms with E-state index in [1.54, 1.807) is 23.7 Å². The molecule has 0 saturated carbocycles. The quantitative estimate of drug-likeness (QED) is 0.761. The fourth-order valence-electron chi connectivity index (χ4n) is 2.27. The summed E-state index contributed by atoms with van der Waals surface area (Å²) in [7, 11) is 0. The minimum Gasteiger partial charge on any atom is -0.323 e. The van der Waals surface area contributed by atoms with Gasteiger partial charge in [-0.1, -0.05) is 13.8 Å². The molecule has 0 aliphatic carbocycles. The lowest BCUT2D eigenvalue weighted by Gasteiger charge is -2.07. The average Bonchev–Trinajstić information content (AvgIpc) is 3.11. The van der Waals surface area contributed by atoms with Crippen LogP contribution in [0.5, 0.6) is 0 Å². The van der Waals surface area contributed by atoms with Crippen LogP contribution in [0, 0.1) is 12.8 Å². The fraction of sp³-hybridized carbons (Fsp3) is 0.467. The van der Waals surface area contributed by atoms with Crippen molar-refractivity contribution >= 4 is 17.4 Å². The summed E-state index contributed by atoms with van der Waals surface area (Å²) >= 11 is 0. The number of nitrogens with one attached hydrogen (secondary N) is 1. The maximum Gasteiger partial charge on any atom is 0.453 e. The first-order valence-electron chi connectivity index (χ1n) is 7.84. The van der Waals surface area contributed by atoms with Crippen molar-refractivity contribution in [1.29, 1.82) is 0 Å². The molecule has 0 fully saturated rings. The van der Waals surface area contributed by atoms with Gasteiger partial charge in [-0.3, -0.25) is 4.68 Å². The van der Waals surface area contributed by atoms with Crippen LogP contribution in [0.1, 0.15) is 31.8 Å². The average molecular weight is 353 g/mol. The molecule has 0 unspecified atom stereocenters. The van der Waals surface area contributed by atoms with E-state index in [1.165, 1.54) is 0 Å². The van der Waals surface area contributed by atoms with E-state index in [2.05, 4.69) is 39.3 Å². The molecule has 0 aromatic carbocycles. The van der Waals surface area contributed by atoms with Crippen LogP contribution in [0.2, 0.25) is 0 Å². The molecule has 0 atom stereocenters. The lowest BCUT2D eigenvalue weighted by Crippen LogP contribution is -2.08. The second-order valence-corrected chi connectivity index (χ2v) is 6.20. The molecule has 134 valence electrons. The van der Waals surface area contributed by atoms with Crippen LogP contribution < -0.4 is 5.32 Å². The smallest absolute Gasteiger partial charge is 0.323 e. The number of hydrogen-bond donors (Lipinski definition) is 1. The van der Waals surface area contributed by atoms with Crippen molar-refractivity contribution in [2.45, 2.75) is 39.9 Å². The molecular formula is C15H18F3N7. The van der Waals surface area contributed by atoms with Gasteiger partial charge in [0, 0.05) is 30.6 Å². The molecule has 25 heavy (non-hydrogen) atoms. The van der Waals surface area contributed by atoms with Crippen LogP contribution in [0.25, 0.3) is 5.78 Å². The van der Waals surface area contributed by atoms with Gasteiger partial charge < -0.3 is 5.32 Å². The number of fused-ring (bicyclic) bond motifs is 1. The predicted molar refractivity (Wildman–Crippen MR) is 85.5 cm³/mol. The number of rotatable bonds is 5. The Balaban J connectivity index is 1.89. The molecule has 0 aliphatic heterocycles. The zero-order valence-corrected chi connectivity index (χ0v) is 14.0. The van der Waals surface area contributed by atoms with Crippen molar-refractivity contribution in [3.63, 3.8) is 0 Å². The number of nitrogens with zero attached hydrogens (tertiary/aromatic N) is 6. The van der Waals surface area contributed by atoms with E-state index in [0.29, 0.717) is 23.2 Å². The predicted octanol–water partition coefficient (Wildman–Crippen LogP) is 3.44. The highest BCUT2D eigenvalue weighted by molar-refractivity contribution is 5.55. The maximum absolute atomic E-state index is 12.8. The minimum absolute atomic E-state index is 0.117. The van der Waals surface area contributed by atoms with Gasteiger partial charge in [0.2, 0.25) is 0 Å². The van der Waals surface area contributed by atoms with Crippen molar-refractivity contribution < 1.29 is 13.2 Å². The second kappa shape index (κ2) is 6.34. The molecule has 0 aliphatic rings. The first-order chi connectivity index (χ1) is 11.7. The van der Waals surface area contributed by atoms with E-state index in [4.69, 9.17) is 0 Å². The Kier molecular flexibility index (Phi) is 4.36. The monoisotopic (exact) mass is 353 g/mol. The first kappa shape index (κ1) is 17.2. The van der Waals surface area contributed by atoms with E-state index >= 15 is 0 Å². The number of aryl methyl sites for hydroxylation is 2. The number of anilines is 2. The molecule has 0 saturated heterocycles. The number of aromatic nitrogens is 6. The molecular weight excluding hydrogens is 335 g/mol. The third-order valence-electron chi connectivity index (χ3n) is 3.53. The Morgan fingerprint density at radius 3 is 2.64 bits per heavy atom. The summed E-state index contributed by atoms with van der Waals surface area (Å²) in [6.07, 6.45) is -1.83. The summed E-state index contributed by atoms with van der Waals surface area (Å²) in [6, 6.07) is 3.35. The third-order valence-corrected chi connectivity index (χ3v) is 3.53. The fourth-order valence-corrected chi connectivity index (χ4v) is 2.27. The van der Waals surface area contributed by atoms with Gasteiger partial charge in [0.15, 0.2) is 5.82 Å². The van der Waals surface area contributed by atoms with Crippen LogP contribution in [-0.4, -0.2) is 29.4 Å². The van der Waals surface area contributed by atoms with Crippen LogP contribution in [0.4, 0.5) is 24.8 Å². The molecule has 0 amide bonds. The highest BCUT2D eigenvalue weighted by Crippen LogP contribution is 2.27. The van der Waals surface area contributed by atoms with Gasteiger partial charge >= 0.3 is 6.18 Å². The Hall–Kier alpha value is -2.65. The minimum atomic E-state index is -4.63. The maximum atomic E-state index is 12.8. The van der Waals surface area contributed by atoms with Gasteiger partial charge in [-0.15, -0.1) is 5.10 Å². The highest BCUT2D eigenvalue weighted by Gasteiger charge is 2.36. The highest BCUT2D eigenvalue weighted by atomic mass is 19.4. The molecule has 0 radical (unpaired) electrons. The molecule has 3 heterocycles. The van der Waals surface area contributed by atoms with Crippen molar-refractivity contribution in [3.05, 3.63) is 29.8 Å². The molecule has 1 N–H and O–H groups in total. The van der Waals surface area contributed by atoms with Gasteiger partial charge in [0.1, 0.15) is 5.82 Å². The molecule has 7 nitrogen and oxygen atoms in total. The summed E-state index contributed by atoms with van der Waals surface area (Å²) in [5.41, 5.74) is 0.523. The molecule has 0 bridgehead atoms. The molecule has 10 heteroatoms. The van der Waals surface area contributed by atoms with E-state index < -0.39 is 12.0 Å². The van der Waals surface area contributed by atoms with Crippen molar-refractivity contribution in [2.24, 2.45) is 5.92 Å². The van der Waals surface area contributed by atoms with Gasteiger partial charge in [0.25, 0.3) is 11.6 Å². The summed E-state index contributed by atoms with van der Waals surface area (Å²) < 4.78 is 41.3. The van der Waals surface area contributed by atoms with Crippen LogP contribution in [0.15, 0.2) is 18.3 Å². The Morgan fingerprint density at radius 2 is 1.96 bits per heavy atom. The third kappa shape index (κ3) is 3.89. The second-order valence-electron chi connectivity index (χ2n) is 6.20. The van der Waals surface area contributed by atoms with Gasteiger partial charge in [-0.05, 0) is 19.3 Å². The number of halogens is 3. The summed E-state index contributed by atoms with van der Waals surface area (Å²) in [4.78, 5) is 7.44. The van der Waals surface area contributed by atoms with Crippen molar-refractivity contribution in [3.8, 4) is 0 Å². The largest absolute Gasteiger partial charge is 0.453 e. The zero-order chi connectivity index (χ0) is 18.2. The van der Waals surface area contributed by atoms with Gasteiger partial charge in [0.05, 0.1) is 0 Å². The lowest BCUT2D eigenvalue weighted by molar-refractivity contribution is -0.144. The van der Waals surface area contributed by atoms with Gasteiger partial charge in [-0.25, -0.2) is 4.98 Å². The van der Waals surface area contributed by atoms with Crippen molar-refractivity contribution in [2.75, 3.05) is 5.32 Å². The van der Waals surface area contributed by atoms with Crippen LogP contribution in [0.3, 0.4) is 0 Å². The lowest BCUT2D eigenvalue weighted by atomic mass is 10.1. The number of alkyl halides is 3. The van der Waals surface area contributed by atoms with E-state index in [0.717, 1.165) is 17.5 Å². The summed E-state index contributed by atoms with van der Waals surface area (Å²) in [5.74, 6) is 0.0449. The number of hydrogen-bond acceptors (Lipinski definition) is 5. The molecule has 3 aromatic rings. The van der Waals surface area contributed by atoms with Crippen molar-refractivity contribution in [1.82, 2.24) is 29.4 Å². The standard InChI is InChI=1S/C15H18F3N7/c1-9(2)4-6-24-7-5-11(22-24)20-12-8-10(3)19-14-21-13(15(16,17)18)23-25(12)14/h5,7-9H,4,6H2,1-3H3,(H,20,22). The Bertz CT molecular complexity index is 879. The Labute approximate surface area is 141 Å². The normalized spacial score (nSPS) is 12.3. The zero-order valence-electron chi connectivity index (χ0n) is 14.0. The molecule has 0 spiro atoms. The molecule has 3 aromatic heterocycles. The van der Waals surface area contributed by atoms with E-state index in [-0.39, 0.29) is 5.78 Å². The Morgan fingerprint density at radius 1 is 1.20 bits per heavy atom. The summed E-state index contributed by atoms with van der Waals surface area (Å²) in [5, 5.41) is 10.9. The van der Waals surface area contributed by atoms with Crippen LogP contribution >= 0.6 is 0 Å². The van der Waals surface area contributed by atoms with Gasteiger partial charge in [-0.2, -0.15) is 27.8 Å². The van der Waals surface area contributed by atoms with Crippen LogP contribution in [-0.2, 0) is 12.7 Å². The molecule has 3 rings (SSSR count). The van der Waals surface area contributed by atoms with E-state index in [1.807, 2.05) is 6.20 Å².